The van der Waals surface area contributed by atoms with Crippen molar-refractivity contribution in [3.05, 3.63) is 89.2 Å². The molecule has 3 heterocycles. The van der Waals surface area contributed by atoms with E-state index in [2.05, 4.69) is 10.3 Å². The average molecular weight is 396 g/mol. The van der Waals surface area contributed by atoms with E-state index in [9.17, 15) is 9.59 Å². The van der Waals surface area contributed by atoms with Crippen molar-refractivity contribution in [2.24, 2.45) is 0 Å². The minimum Gasteiger partial charge on any atom is -0.459 e. The Morgan fingerprint density at radius 1 is 1.11 bits per heavy atom. The number of furan rings is 1. The van der Waals surface area contributed by atoms with Gasteiger partial charge in [-0.05, 0) is 36.4 Å². The summed E-state index contributed by atoms with van der Waals surface area (Å²) in [4.78, 5) is 29.1. The summed E-state index contributed by atoms with van der Waals surface area (Å²) in [7, 11) is 0. The Morgan fingerprint density at radius 3 is 2.79 bits per heavy atom. The van der Waals surface area contributed by atoms with Crippen LogP contribution in [0.5, 0.6) is 0 Å². The predicted octanol–water partition coefficient (Wildman–Crippen LogP) is 4.19. The molecule has 4 rings (SSSR count). The normalized spacial score (nSPS) is 10.8. The first-order valence-electron chi connectivity index (χ1n) is 8.34. The number of carbonyl (C=O) groups is 2. The minimum atomic E-state index is -0.578. The molecule has 0 fully saturated rings. The highest BCUT2D eigenvalue weighted by atomic mass is 35.5. The summed E-state index contributed by atoms with van der Waals surface area (Å²) in [5.41, 5.74) is 1.83. The molecular formula is C20H14ClN3O4. The van der Waals surface area contributed by atoms with E-state index in [0.29, 0.717) is 22.1 Å². The third-order valence-electron chi connectivity index (χ3n) is 3.96. The van der Waals surface area contributed by atoms with Gasteiger partial charge in [0.15, 0.2) is 5.76 Å². The molecule has 28 heavy (non-hydrogen) atoms. The number of pyridine rings is 1. The number of fused-ring (bicyclic) bond motifs is 1. The number of imidazole rings is 1. The maximum Gasteiger partial charge on any atom is 0.340 e. The van der Waals surface area contributed by atoms with Gasteiger partial charge in [0.05, 0.1) is 28.2 Å². The lowest BCUT2D eigenvalue weighted by Gasteiger charge is -2.09. The Morgan fingerprint density at radius 2 is 1.96 bits per heavy atom. The molecular weight excluding hydrogens is 382 g/mol. The molecule has 140 valence electrons. The van der Waals surface area contributed by atoms with Crippen molar-refractivity contribution >= 4 is 34.8 Å². The second-order valence-corrected chi connectivity index (χ2v) is 6.33. The molecule has 0 bridgehead atoms. The van der Waals surface area contributed by atoms with Gasteiger partial charge in [0.2, 0.25) is 0 Å². The van der Waals surface area contributed by atoms with Crippen LogP contribution in [-0.2, 0) is 11.3 Å². The van der Waals surface area contributed by atoms with Gasteiger partial charge in [0.1, 0.15) is 12.3 Å². The third-order valence-corrected chi connectivity index (χ3v) is 4.18. The van der Waals surface area contributed by atoms with E-state index in [-0.39, 0.29) is 17.9 Å². The standard InChI is InChI=1S/C20H14ClN3O4/c21-13-7-8-18-22-14(11-24(18)10-13)12-28-20(26)15-4-1-2-5-16(15)23-19(25)17-6-3-9-27-17/h1-11H,12H2,(H,23,25). The first-order chi connectivity index (χ1) is 13.6. The zero-order valence-corrected chi connectivity index (χ0v) is 15.2. The number of ether oxygens (including phenoxy) is 1. The Balaban J connectivity index is 1.47. The molecule has 0 aliphatic carbocycles. The summed E-state index contributed by atoms with van der Waals surface area (Å²) in [6.45, 7) is -0.0153. The highest BCUT2D eigenvalue weighted by Crippen LogP contribution is 2.19. The predicted molar refractivity (Wildman–Crippen MR) is 102 cm³/mol. The van der Waals surface area contributed by atoms with E-state index in [1.165, 1.54) is 12.3 Å². The molecule has 3 aromatic heterocycles. The van der Waals surface area contributed by atoms with Crippen LogP contribution in [0.25, 0.3) is 5.65 Å². The monoisotopic (exact) mass is 395 g/mol. The number of hydrogen-bond donors (Lipinski definition) is 1. The maximum atomic E-state index is 12.5. The maximum absolute atomic E-state index is 12.5. The van der Waals surface area contributed by atoms with Crippen LogP contribution in [0, 0.1) is 0 Å². The fourth-order valence-electron chi connectivity index (χ4n) is 2.67. The van der Waals surface area contributed by atoms with Crippen LogP contribution in [0.2, 0.25) is 5.02 Å². The molecule has 0 aliphatic rings. The molecule has 7 nitrogen and oxygen atoms in total. The second-order valence-electron chi connectivity index (χ2n) is 5.90. The fraction of sp³-hybridized carbons (Fsp3) is 0.0500. The number of nitrogens with zero attached hydrogens (tertiary/aromatic N) is 2. The number of nitrogens with one attached hydrogen (secondary N) is 1. The van der Waals surface area contributed by atoms with E-state index >= 15 is 0 Å². The van der Waals surface area contributed by atoms with Gasteiger partial charge in [-0.2, -0.15) is 0 Å². The largest absolute Gasteiger partial charge is 0.459 e. The van der Waals surface area contributed by atoms with E-state index in [4.69, 9.17) is 20.8 Å². The Bertz CT molecular complexity index is 1150. The van der Waals surface area contributed by atoms with Crippen molar-refractivity contribution in [1.29, 1.82) is 0 Å². The van der Waals surface area contributed by atoms with Crippen LogP contribution in [-0.4, -0.2) is 21.3 Å². The molecule has 0 unspecified atom stereocenters. The molecule has 8 heteroatoms. The summed E-state index contributed by atoms with van der Waals surface area (Å²) in [5.74, 6) is -0.889. The number of carbonyl (C=O) groups excluding carboxylic acids is 2. The molecule has 0 atom stereocenters. The topological polar surface area (TPSA) is 85.8 Å². The van der Waals surface area contributed by atoms with Crippen LogP contribution in [0.3, 0.4) is 0 Å². The van der Waals surface area contributed by atoms with Crippen molar-refractivity contribution in [1.82, 2.24) is 9.38 Å². The second kappa shape index (κ2) is 7.58. The smallest absolute Gasteiger partial charge is 0.340 e. The summed E-state index contributed by atoms with van der Waals surface area (Å²) in [6, 6.07) is 13.2. The summed E-state index contributed by atoms with van der Waals surface area (Å²) in [5, 5.41) is 3.23. The third kappa shape index (κ3) is 3.74. The van der Waals surface area contributed by atoms with E-state index in [1.54, 1.807) is 59.3 Å². The number of hydrogen-bond acceptors (Lipinski definition) is 5. The lowest BCUT2D eigenvalue weighted by atomic mass is 10.1. The number of rotatable bonds is 5. The van der Waals surface area contributed by atoms with Crippen molar-refractivity contribution in [3.63, 3.8) is 0 Å². The minimum absolute atomic E-state index is 0.0153. The molecule has 0 saturated heterocycles. The van der Waals surface area contributed by atoms with Gasteiger partial charge < -0.3 is 18.9 Å². The van der Waals surface area contributed by atoms with Crippen LogP contribution in [0.15, 0.2) is 71.6 Å². The SMILES string of the molecule is O=C(Nc1ccccc1C(=O)OCc1cn2cc(Cl)ccc2n1)c1ccco1. The molecule has 1 N–H and O–H groups in total. The first kappa shape index (κ1) is 17.8. The molecule has 0 spiro atoms. The number of amides is 1. The van der Waals surface area contributed by atoms with Crippen LogP contribution < -0.4 is 5.32 Å². The Kier molecular flexibility index (Phi) is 4.82. The number of anilines is 1. The highest BCUT2D eigenvalue weighted by molar-refractivity contribution is 6.30. The quantitative estimate of drug-likeness (QED) is 0.512. The summed E-state index contributed by atoms with van der Waals surface area (Å²) in [6.07, 6.45) is 4.85. The zero-order valence-electron chi connectivity index (χ0n) is 14.5. The zero-order chi connectivity index (χ0) is 19.5. The highest BCUT2D eigenvalue weighted by Gasteiger charge is 2.17. The number of esters is 1. The number of benzene rings is 1. The van der Waals surface area contributed by atoms with Crippen molar-refractivity contribution in [2.45, 2.75) is 6.61 Å². The van der Waals surface area contributed by atoms with Crippen LogP contribution >= 0.6 is 11.6 Å². The molecule has 1 amide bonds. The number of para-hydroxylation sites is 1. The van der Waals surface area contributed by atoms with Gasteiger partial charge in [-0.15, -0.1) is 0 Å². The Labute approximate surface area is 164 Å². The average Bonchev–Trinajstić information content (AvgIpc) is 3.36. The number of aromatic nitrogens is 2. The van der Waals surface area contributed by atoms with E-state index in [1.807, 2.05) is 0 Å². The molecule has 0 radical (unpaired) electrons. The lowest BCUT2D eigenvalue weighted by molar-refractivity contribution is 0.0469. The van der Waals surface area contributed by atoms with Gasteiger partial charge in [0, 0.05) is 12.4 Å². The van der Waals surface area contributed by atoms with E-state index in [0.717, 1.165) is 0 Å². The Hall–Kier alpha value is -3.58. The fourth-order valence-corrected chi connectivity index (χ4v) is 2.83. The van der Waals surface area contributed by atoms with Crippen molar-refractivity contribution in [3.8, 4) is 0 Å². The molecule has 4 aromatic rings. The molecule has 1 aromatic carbocycles. The van der Waals surface area contributed by atoms with Crippen LogP contribution in [0.4, 0.5) is 5.69 Å². The molecule has 0 aliphatic heterocycles. The molecule has 0 saturated carbocycles. The van der Waals surface area contributed by atoms with Gasteiger partial charge in [-0.1, -0.05) is 23.7 Å². The summed E-state index contributed by atoms with van der Waals surface area (Å²) >= 11 is 5.96. The van der Waals surface area contributed by atoms with Crippen LogP contribution in [0.1, 0.15) is 26.6 Å². The van der Waals surface area contributed by atoms with Crippen molar-refractivity contribution < 1.29 is 18.7 Å². The lowest BCUT2D eigenvalue weighted by Crippen LogP contribution is -2.15. The first-order valence-corrected chi connectivity index (χ1v) is 8.72. The van der Waals surface area contributed by atoms with Gasteiger partial charge in [-0.3, -0.25) is 4.79 Å². The van der Waals surface area contributed by atoms with Gasteiger partial charge in [0.25, 0.3) is 5.91 Å². The van der Waals surface area contributed by atoms with Crippen molar-refractivity contribution in [2.75, 3.05) is 5.32 Å². The number of halogens is 1. The van der Waals surface area contributed by atoms with E-state index < -0.39 is 11.9 Å². The summed E-state index contributed by atoms with van der Waals surface area (Å²) < 4.78 is 12.2. The van der Waals surface area contributed by atoms with Gasteiger partial charge in [-0.25, -0.2) is 9.78 Å². The van der Waals surface area contributed by atoms with Gasteiger partial charge >= 0.3 is 5.97 Å².